The van der Waals surface area contributed by atoms with Gasteiger partial charge >= 0.3 is 0 Å². The molecule has 0 aliphatic heterocycles. The lowest BCUT2D eigenvalue weighted by Crippen LogP contribution is -2.09. The largest absolute Gasteiger partial charge is 0.324 e. The fourth-order valence-corrected chi connectivity index (χ4v) is 1.58. The van der Waals surface area contributed by atoms with E-state index in [-0.39, 0.29) is 0 Å². The van der Waals surface area contributed by atoms with Gasteiger partial charge in [-0.25, -0.2) is 0 Å². The quantitative estimate of drug-likeness (QED) is 0.474. The molecule has 0 amide bonds. The first-order chi connectivity index (χ1) is 5.81. The van der Waals surface area contributed by atoms with Crippen LogP contribution in [0.15, 0.2) is 18.2 Å². The van der Waals surface area contributed by atoms with E-state index in [0.717, 1.165) is 17.4 Å². The normalized spacial score (nSPS) is 9.92. The molecule has 2 nitrogen and oxygen atoms in total. The average molecular weight is 229 g/mol. The first kappa shape index (κ1) is 9.55. The molecule has 1 aromatic carbocycles. The zero-order chi connectivity index (χ0) is 8.97. The van der Waals surface area contributed by atoms with E-state index in [0.29, 0.717) is 0 Å². The number of nitrogen functional groups attached to an aromatic ring is 1. The summed E-state index contributed by atoms with van der Waals surface area (Å²) < 4.78 is 0. The summed E-state index contributed by atoms with van der Waals surface area (Å²) in [6.07, 6.45) is 1.04. The van der Waals surface area contributed by atoms with Crippen molar-refractivity contribution in [3.8, 4) is 0 Å². The van der Waals surface area contributed by atoms with Gasteiger partial charge in [0.25, 0.3) is 0 Å². The lowest BCUT2D eigenvalue weighted by molar-refractivity contribution is 1.13. The Morgan fingerprint density at radius 2 is 2.25 bits per heavy atom. The third kappa shape index (κ3) is 1.99. The van der Waals surface area contributed by atoms with E-state index in [4.69, 9.17) is 5.84 Å². The monoisotopic (exact) mass is 228 g/mol. The zero-order valence-corrected chi connectivity index (χ0v) is 8.69. The standard InChI is InChI=1S/C9H13BrN2/c1-2-7-3-4-8(6-10)9(5-7)12-11/h3-5,12H,2,6,11H2,1H3. The van der Waals surface area contributed by atoms with Crippen molar-refractivity contribution in [3.63, 3.8) is 0 Å². The molecule has 0 aliphatic carbocycles. The van der Waals surface area contributed by atoms with E-state index < -0.39 is 0 Å². The van der Waals surface area contributed by atoms with Crippen molar-refractivity contribution < 1.29 is 0 Å². The van der Waals surface area contributed by atoms with Crippen molar-refractivity contribution in [1.29, 1.82) is 0 Å². The molecule has 0 spiro atoms. The Hall–Kier alpha value is -0.540. The Bertz CT molecular complexity index is 261. The molecule has 1 rings (SSSR count). The Balaban J connectivity index is 3.02. The van der Waals surface area contributed by atoms with E-state index >= 15 is 0 Å². The number of nitrogens with one attached hydrogen (secondary N) is 1. The summed E-state index contributed by atoms with van der Waals surface area (Å²) >= 11 is 3.40. The summed E-state index contributed by atoms with van der Waals surface area (Å²) in [5, 5.41) is 0.830. The minimum absolute atomic E-state index is 0.830. The fraction of sp³-hybridized carbons (Fsp3) is 0.333. The second-order valence-corrected chi connectivity index (χ2v) is 3.18. The average Bonchev–Trinajstić information content (AvgIpc) is 2.16. The van der Waals surface area contributed by atoms with Crippen molar-refractivity contribution in [3.05, 3.63) is 29.3 Å². The minimum atomic E-state index is 0.830. The first-order valence-corrected chi connectivity index (χ1v) is 5.08. The molecule has 12 heavy (non-hydrogen) atoms. The van der Waals surface area contributed by atoms with Crippen LogP contribution in [-0.4, -0.2) is 0 Å². The number of aryl methyl sites for hydroxylation is 1. The molecular formula is C9H13BrN2. The Morgan fingerprint density at radius 3 is 2.75 bits per heavy atom. The van der Waals surface area contributed by atoms with Crippen molar-refractivity contribution >= 4 is 21.6 Å². The molecule has 0 heterocycles. The minimum Gasteiger partial charge on any atom is -0.324 e. The first-order valence-electron chi connectivity index (χ1n) is 3.96. The zero-order valence-electron chi connectivity index (χ0n) is 7.10. The molecule has 0 bridgehead atoms. The van der Waals surface area contributed by atoms with Crippen LogP contribution in [-0.2, 0) is 11.8 Å². The number of benzene rings is 1. The molecular weight excluding hydrogens is 216 g/mol. The SMILES string of the molecule is CCc1ccc(CBr)c(NN)c1. The smallest absolute Gasteiger partial charge is 0.0528 e. The van der Waals surface area contributed by atoms with Gasteiger partial charge in [0.2, 0.25) is 0 Å². The highest BCUT2D eigenvalue weighted by molar-refractivity contribution is 9.08. The summed E-state index contributed by atoms with van der Waals surface area (Å²) in [5.74, 6) is 5.38. The molecule has 0 saturated carbocycles. The van der Waals surface area contributed by atoms with E-state index in [1.807, 2.05) is 0 Å². The molecule has 0 aromatic heterocycles. The molecule has 0 fully saturated rings. The van der Waals surface area contributed by atoms with Crippen LogP contribution in [0.25, 0.3) is 0 Å². The maximum absolute atomic E-state index is 5.38. The van der Waals surface area contributed by atoms with Gasteiger partial charge in [-0.05, 0) is 23.6 Å². The Labute approximate surface area is 81.3 Å². The van der Waals surface area contributed by atoms with Crippen molar-refractivity contribution in [2.75, 3.05) is 5.43 Å². The number of hydrogen-bond donors (Lipinski definition) is 2. The maximum atomic E-state index is 5.38. The van der Waals surface area contributed by atoms with Crippen LogP contribution in [0.5, 0.6) is 0 Å². The lowest BCUT2D eigenvalue weighted by atomic mass is 10.1. The predicted octanol–water partition coefficient (Wildman–Crippen LogP) is 2.43. The molecule has 0 radical (unpaired) electrons. The van der Waals surface area contributed by atoms with E-state index in [1.54, 1.807) is 0 Å². The summed E-state index contributed by atoms with van der Waals surface area (Å²) in [7, 11) is 0. The molecule has 66 valence electrons. The third-order valence-electron chi connectivity index (χ3n) is 1.88. The molecule has 0 unspecified atom stereocenters. The molecule has 3 N–H and O–H groups in total. The van der Waals surface area contributed by atoms with Gasteiger partial charge in [-0.1, -0.05) is 35.0 Å². The van der Waals surface area contributed by atoms with Gasteiger partial charge < -0.3 is 5.43 Å². The highest BCUT2D eigenvalue weighted by atomic mass is 79.9. The third-order valence-corrected chi connectivity index (χ3v) is 2.49. The Morgan fingerprint density at radius 1 is 1.50 bits per heavy atom. The number of nitrogens with two attached hydrogens (primary N) is 1. The van der Waals surface area contributed by atoms with Crippen molar-refractivity contribution in [1.82, 2.24) is 0 Å². The van der Waals surface area contributed by atoms with Gasteiger partial charge in [-0.3, -0.25) is 5.84 Å². The molecule has 0 atom stereocenters. The van der Waals surface area contributed by atoms with Gasteiger partial charge in [0.1, 0.15) is 0 Å². The Kier molecular flexibility index (Phi) is 3.56. The highest BCUT2D eigenvalue weighted by Gasteiger charge is 1.99. The van der Waals surface area contributed by atoms with Crippen LogP contribution in [0.1, 0.15) is 18.1 Å². The van der Waals surface area contributed by atoms with Gasteiger partial charge in [0.05, 0.1) is 5.69 Å². The van der Waals surface area contributed by atoms with Crippen LogP contribution in [0.2, 0.25) is 0 Å². The van der Waals surface area contributed by atoms with Crippen LogP contribution < -0.4 is 11.3 Å². The van der Waals surface area contributed by atoms with Crippen LogP contribution >= 0.6 is 15.9 Å². The number of rotatable bonds is 3. The lowest BCUT2D eigenvalue weighted by Gasteiger charge is -2.07. The molecule has 0 aliphatic rings. The van der Waals surface area contributed by atoms with Crippen LogP contribution in [0, 0.1) is 0 Å². The van der Waals surface area contributed by atoms with Gasteiger partial charge in [0.15, 0.2) is 0 Å². The topological polar surface area (TPSA) is 38.0 Å². The second-order valence-electron chi connectivity index (χ2n) is 2.62. The van der Waals surface area contributed by atoms with Gasteiger partial charge in [-0.15, -0.1) is 0 Å². The predicted molar refractivity (Wildman–Crippen MR) is 56.3 cm³/mol. The van der Waals surface area contributed by atoms with E-state index in [9.17, 15) is 0 Å². The van der Waals surface area contributed by atoms with Gasteiger partial charge in [-0.2, -0.15) is 0 Å². The molecule has 1 aromatic rings. The molecule has 3 heteroatoms. The number of hydrazine groups is 1. The number of anilines is 1. The fourth-order valence-electron chi connectivity index (χ4n) is 1.09. The van der Waals surface area contributed by atoms with Crippen molar-refractivity contribution in [2.24, 2.45) is 5.84 Å². The highest BCUT2D eigenvalue weighted by Crippen LogP contribution is 2.19. The summed E-state index contributed by atoms with van der Waals surface area (Å²) in [5.41, 5.74) is 6.19. The number of alkyl halides is 1. The van der Waals surface area contributed by atoms with Crippen LogP contribution in [0.3, 0.4) is 0 Å². The van der Waals surface area contributed by atoms with Crippen LogP contribution in [0.4, 0.5) is 5.69 Å². The number of halogens is 1. The summed E-state index contributed by atoms with van der Waals surface area (Å²) in [6.45, 7) is 2.13. The van der Waals surface area contributed by atoms with Gasteiger partial charge in [0, 0.05) is 5.33 Å². The number of hydrogen-bond acceptors (Lipinski definition) is 2. The van der Waals surface area contributed by atoms with E-state index in [1.165, 1.54) is 11.1 Å². The summed E-state index contributed by atoms with van der Waals surface area (Å²) in [6, 6.07) is 6.29. The molecule has 0 saturated heterocycles. The maximum Gasteiger partial charge on any atom is 0.0528 e. The van der Waals surface area contributed by atoms with Crippen molar-refractivity contribution in [2.45, 2.75) is 18.7 Å². The summed E-state index contributed by atoms with van der Waals surface area (Å²) in [4.78, 5) is 0. The van der Waals surface area contributed by atoms with E-state index in [2.05, 4.69) is 46.5 Å². The second kappa shape index (κ2) is 4.48.